The zero-order chi connectivity index (χ0) is 23.2. The van der Waals surface area contributed by atoms with Gasteiger partial charge in [0.15, 0.2) is 0 Å². The molecule has 0 N–H and O–H groups in total. The summed E-state index contributed by atoms with van der Waals surface area (Å²) in [5, 5.41) is -0.0685. The van der Waals surface area contributed by atoms with Gasteiger partial charge in [-0.3, -0.25) is 4.79 Å². The van der Waals surface area contributed by atoms with Gasteiger partial charge < -0.3 is 9.64 Å². The average molecular weight is 496 g/mol. The van der Waals surface area contributed by atoms with Crippen molar-refractivity contribution in [2.75, 3.05) is 13.4 Å². The van der Waals surface area contributed by atoms with E-state index in [0.29, 0.717) is 22.4 Å². The van der Waals surface area contributed by atoms with Gasteiger partial charge in [-0.05, 0) is 18.2 Å². The van der Waals surface area contributed by atoms with Crippen LogP contribution in [0.1, 0.15) is 21.6 Å². The summed E-state index contributed by atoms with van der Waals surface area (Å²) in [5.41, 5.74) is 1.12. The van der Waals surface area contributed by atoms with Crippen LogP contribution in [-0.2, 0) is 22.9 Å². The largest absolute Gasteiger partial charge is 0.495 e. The molecule has 11 heteroatoms. The summed E-state index contributed by atoms with van der Waals surface area (Å²) in [7, 11) is -2.43. The number of halogens is 3. The number of carbonyl (C=O) groups is 1. The molecule has 1 aliphatic rings. The number of methoxy groups -OCH3 is 1. The summed E-state index contributed by atoms with van der Waals surface area (Å²) in [4.78, 5) is 22.7. The lowest BCUT2D eigenvalue weighted by Crippen LogP contribution is -2.24. The topological polar surface area (TPSA) is 89.5 Å². The van der Waals surface area contributed by atoms with E-state index in [1.54, 1.807) is 18.2 Å². The molecule has 0 aliphatic carbocycles. The molecular weight excluding hydrogens is 480 g/mol. The molecule has 1 aromatic heterocycles. The van der Waals surface area contributed by atoms with Crippen molar-refractivity contribution in [1.29, 1.82) is 0 Å². The lowest BCUT2D eigenvalue weighted by Gasteiger charge is -2.16. The van der Waals surface area contributed by atoms with Crippen molar-refractivity contribution in [3.05, 3.63) is 69.1 Å². The fraction of sp³-hybridized carbons (Fsp3) is 0.190. The molecule has 0 fully saturated rings. The minimum absolute atomic E-state index is 0.0206. The third-order valence-corrected chi connectivity index (χ3v) is 6.43. The Balaban J connectivity index is 1.88. The Kier molecular flexibility index (Phi) is 5.83. The van der Waals surface area contributed by atoms with Crippen molar-refractivity contribution < 1.29 is 22.3 Å². The van der Waals surface area contributed by atoms with Crippen LogP contribution in [0, 0.1) is 5.82 Å². The SMILES string of the molecule is COc1cc(-c2nc(S(C)(=O)=O)nc3c2CN(Cc2ccccc2F)C3=O)c(Cl)cc1Cl. The Morgan fingerprint density at radius 3 is 2.47 bits per heavy atom. The molecule has 0 radical (unpaired) electrons. The maximum atomic E-state index is 14.1. The van der Waals surface area contributed by atoms with Crippen LogP contribution in [0.3, 0.4) is 0 Å². The Hall–Kier alpha value is -2.75. The van der Waals surface area contributed by atoms with Crippen LogP contribution in [0.25, 0.3) is 11.3 Å². The van der Waals surface area contributed by atoms with Crippen LogP contribution >= 0.6 is 23.2 Å². The molecule has 3 aromatic rings. The van der Waals surface area contributed by atoms with E-state index in [4.69, 9.17) is 27.9 Å². The highest BCUT2D eigenvalue weighted by atomic mass is 35.5. The first kappa shape index (κ1) is 22.4. The van der Waals surface area contributed by atoms with E-state index in [2.05, 4.69) is 9.97 Å². The summed E-state index contributed by atoms with van der Waals surface area (Å²) in [6, 6.07) is 9.05. The quantitative estimate of drug-likeness (QED) is 0.493. The maximum absolute atomic E-state index is 14.1. The summed E-state index contributed by atoms with van der Waals surface area (Å²) in [6.45, 7) is 0.0241. The highest BCUT2D eigenvalue weighted by Crippen LogP contribution is 2.40. The van der Waals surface area contributed by atoms with E-state index in [-0.39, 0.29) is 34.5 Å². The summed E-state index contributed by atoms with van der Waals surface area (Å²) in [6.07, 6.45) is 0.944. The van der Waals surface area contributed by atoms with Crippen molar-refractivity contribution >= 4 is 38.9 Å². The van der Waals surface area contributed by atoms with Crippen molar-refractivity contribution in [1.82, 2.24) is 14.9 Å². The van der Waals surface area contributed by atoms with E-state index in [0.717, 1.165) is 6.26 Å². The monoisotopic (exact) mass is 495 g/mol. The number of hydrogen-bond donors (Lipinski definition) is 0. The number of ether oxygens (including phenoxy) is 1. The minimum atomic E-state index is -3.85. The minimum Gasteiger partial charge on any atom is -0.495 e. The zero-order valence-electron chi connectivity index (χ0n) is 16.9. The van der Waals surface area contributed by atoms with Gasteiger partial charge in [0, 0.05) is 29.5 Å². The van der Waals surface area contributed by atoms with E-state index in [1.165, 1.54) is 30.2 Å². The van der Waals surface area contributed by atoms with Gasteiger partial charge in [-0.2, -0.15) is 0 Å². The van der Waals surface area contributed by atoms with E-state index >= 15 is 0 Å². The van der Waals surface area contributed by atoms with Crippen LogP contribution in [0.2, 0.25) is 10.0 Å². The first-order chi connectivity index (χ1) is 15.1. The van der Waals surface area contributed by atoms with Crippen molar-refractivity contribution in [3.8, 4) is 17.0 Å². The summed E-state index contributed by atoms with van der Waals surface area (Å²) in [5.74, 6) is -0.689. The number of hydrogen-bond acceptors (Lipinski definition) is 6. The molecule has 0 unspecified atom stereocenters. The number of amides is 1. The highest BCUT2D eigenvalue weighted by molar-refractivity contribution is 7.90. The van der Waals surface area contributed by atoms with Crippen LogP contribution in [-0.4, -0.2) is 42.6 Å². The van der Waals surface area contributed by atoms with Gasteiger partial charge in [-0.15, -0.1) is 0 Å². The summed E-state index contributed by atoms with van der Waals surface area (Å²) >= 11 is 12.5. The van der Waals surface area contributed by atoms with E-state index in [1.807, 2.05) is 0 Å². The van der Waals surface area contributed by atoms with Crippen LogP contribution in [0.15, 0.2) is 41.6 Å². The molecule has 0 saturated carbocycles. The molecule has 166 valence electrons. The lowest BCUT2D eigenvalue weighted by atomic mass is 10.1. The fourth-order valence-corrected chi connectivity index (χ4v) is 4.48. The highest BCUT2D eigenvalue weighted by Gasteiger charge is 2.35. The van der Waals surface area contributed by atoms with Gasteiger partial charge in [-0.25, -0.2) is 22.8 Å². The van der Waals surface area contributed by atoms with E-state index in [9.17, 15) is 17.6 Å². The Bertz CT molecular complexity index is 1370. The zero-order valence-corrected chi connectivity index (χ0v) is 19.2. The molecule has 32 heavy (non-hydrogen) atoms. The number of carbonyl (C=O) groups excluding carboxylic acids is 1. The first-order valence-corrected chi connectivity index (χ1v) is 11.9. The smallest absolute Gasteiger partial charge is 0.273 e. The van der Waals surface area contributed by atoms with Crippen molar-refractivity contribution in [2.45, 2.75) is 18.2 Å². The van der Waals surface area contributed by atoms with Gasteiger partial charge in [0.25, 0.3) is 5.91 Å². The lowest BCUT2D eigenvalue weighted by molar-refractivity contribution is 0.0760. The molecule has 1 aliphatic heterocycles. The van der Waals surface area contributed by atoms with Gasteiger partial charge in [0.2, 0.25) is 15.0 Å². The van der Waals surface area contributed by atoms with Crippen LogP contribution < -0.4 is 4.74 Å². The van der Waals surface area contributed by atoms with Crippen LogP contribution in [0.4, 0.5) is 4.39 Å². The Morgan fingerprint density at radius 2 is 1.81 bits per heavy atom. The third kappa shape index (κ3) is 4.03. The first-order valence-electron chi connectivity index (χ1n) is 9.27. The Morgan fingerprint density at radius 1 is 1.12 bits per heavy atom. The second kappa shape index (κ2) is 8.31. The molecule has 0 saturated heterocycles. The fourth-order valence-electron chi connectivity index (χ4n) is 3.42. The third-order valence-electron chi connectivity index (χ3n) is 4.97. The molecule has 7 nitrogen and oxygen atoms in total. The van der Waals surface area contributed by atoms with Crippen LogP contribution in [0.5, 0.6) is 5.75 Å². The average Bonchev–Trinajstić information content (AvgIpc) is 3.04. The molecule has 1 amide bonds. The van der Waals surface area contributed by atoms with Gasteiger partial charge in [0.05, 0.1) is 29.4 Å². The molecule has 2 aromatic carbocycles. The normalized spacial score (nSPS) is 13.4. The predicted octanol–water partition coefficient (Wildman–Crippen LogP) is 4.16. The maximum Gasteiger partial charge on any atom is 0.273 e. The number of fused-ring (bicyclic) bond motifs is 1. The van der Waals surface area contributed by atoms with Crippen molar-refractivity contribution in [2.24, 2.45) is 0 Å². The number of benzene rings is 2. The van der Waals surface area contributed by atoms with Gasteiger partial charge in [-0.1, -0.05) is 41.4 Å². The van der Waals surface area contributed by atoms with Gasteiger partial charge >= 0.3 is 0 Å². The molecule has 0 bridgehead atoms. The molecule has 0 spiro atoms. The second-order valence-electron chi connectivity index (χ2n) is 7.17. The Labute approximate surface area is 193 Å². The van der Waals surface area contributed by atoms with E-state index < -0.39 is 26.7 Å². The standard InChI is InChI=1S/C21H16Cl2FN3O4S/c1-31-17-7-12(14(22)8-15(17)23)18-13-10-27(9-11-5-3-4-6-16(11)24)20(28)19(13)26-21(25-18)32(2,29)30/h3-8H,9-10H2,1-2H3. The number of sulfone groups is 1. The number of aromatic nitrogens is 2. The predicted molar refractivity (Wildman–Crippen MR) is 117 cm³/mol. The number of nitrogens with zero attached hydrogens (tertiary/aromatic N) is 3. The number of rotatable bonds is 5. The molecular formula is C21H16Cl2FN3O4S. The second-order valence-corrected chi connectivity index (χ2v) is 9.90. The summed E-state index contributed by atoms with van der Waals surface area (Å²) < 4.78 is 43.8. The molecule has 2 heterocycles. The molecule has 0 atom stereocenters. The molecule has 4 rings (SSSR count). The van der Waals surface area contributed by atoms with Gasteiger partial charge in [0.1, 0.15) is 17.3 Å². The van der Waals surface area contributed by atoms with Crippen molar-refractivity contribution in [3.63, 3.8) is 0 Å².